The zero-order valence-corrected chi connectivity index (χ0v) is 11.7. The van der Waals surface area contributed by atoms with E-state index >= 15 is 0 Å². The van der Waals surface area contributed by atoms with Crippen LogP contribution in [-0.4, -0.2) is 28.8 Å². The lowest BCUT2D eigenvalue weighted by Gasteiger charge is -2.08. The molecule has 0 aliphatic heterocycles. The van der Waals surface area contributed by atoms with Crippen molar-refractivity contribution in [1.29, 1.82) is 0 Å². The minimum atomic E-state index is 0.195. The molecule has 4 nitrogen and oxygen atoms in total. The highest BCUT2D eigenvalue weighted by atomic mass is 16.5. The van der Waals surface area contributed by atoms with Gasteiger partial charge in [-0.25, -0.2) is 0 Å². The molecule has 1 heterocycles. The molecular formula is C14H24N2O2. The summed E-state index contributed by atoms with van der Waals surface area (Å²) in [6.07, 6.45) is 4.88. The Hall–Kier alpha value is -1.16. The van der Waals surface area contributed by atoms with Gasteiger partial charge in [-0.3, -0.25) is 9.48 Å². The maximum absolute atomic E-state index is 11.7. The SMILES string of the molecule is CCCOCCC(=O)Cc1ccn(C(C)CC)n1. The lowest BCUT2D eigenvalue weighted by molar-refractivity contribution is -0.119. The van der Waals surface area contributed by atoms with Gasteiger partial charge in [-0.05, 0) is 25.8 Å². The average molecular weight is 252 g/mol. The number of carbonyl (C=O) groups is 1. The number of hydrogen-bond acceptors (Lipinski definition) is 3. The predicted molar refractivity (Wildman–Crippen MR) is 71.7 cm³/mol. The standard InChI is InChI=1S/C14H24N2O2/c1-4-9-18-10-7-14(17)11-13-6-8-16(15-13)12(3)5-2/h6,8,12H,4-5,7,9-11H2,1-3H3. The molecule has 0 amide bonds. The Morgan fingerprint density at radius 1 is 1.44 bits per heavy atom. The van der Waals surface area contributed by atoms with Gasteiger partial charge in [0.2, 0.25) is 0 Å². The third kappa shape index (κ3) is 5.00. The summed E-state index contributed by atoms with van der Waals surface area (Å²) in [5.41, 5.74) is 0.857. The Bertz CT molecular complexity index is 360. The third-order valence-corrected chi connectivity index (χ3v) is 2.96. The molecule has 0 saturated carbocycles. The van der Waals surface area contributed by atoms with E-state index in [2.05, 4.69) is 25.9 Å². The zero-order chi connectivity index (χ0) is 13.4. The molecule has 4 heteroatoms. The summed E-state index contributed by atoms with van der Waals surface area (Å²) in [7, 11) is 0. The van der Waals surface area contributed by atoms with Gasteiger partial charge in [0.15, 0.2) is 0 Å². The molecular weight excluding hydrogens is 228 g/mol. The largest absolute Gasteiger partial charge is 0.381 e. The van der Waals surface area contributed by atoms with Gasteiger partial charge in [-0.2, -0.15) is 5.10 Å². The van der Waals surface area contributed by atoms with E-state index < -0.39 is 0 Å². The van der Waals surface area contributed by atoms with Crippen LogP contribution in [0.1, 0.15) is 51.8 Å². The fourth-order valence-electron chi connectivity index (χ4n) is 1.63. The summed E-state index contributed by atoms with van der Waals surface area (Å²) < 4.78 is 7.23. The van der Waals surface area contributed by atoms with Crippen LogP contribution in [0.2, 0.25) is 0 Å². The van der Waals surface area contributed by atoms with E-state index in [0.717, 1.165) is 25.1 Å². The van der Waals surface area contributed by atoms with Gasteiger partial charge in [0, 0.05) is 25.3 Å². The summed E-state index contributed by atoms with van der Waals surface area (Å²) in [6, 6.07) is 2.32. The maximum atomic E-state index is 11.7. The summed E-state index contributed by atoms with van der Waals surface area (Å²) in [6.45, 7) is 7.57. The van der Waals surface area contributed by atoms with Crippen LogP contribution in [0.15, 0.2) is 12.3 Å². The zero-order valence-electron chi connectivity index (χ0n) is 11.7. The number of aromatic nitrogens is 2. The van der Waals surface area contributed by atoms with Crippen molar-refractivity contribution in [1.82, 2.24) is 9.78 Å². The van der Waals surface area contributed by atoms with Crippen LogP contribution in [0.5, 0.6) is 0 Å². The van der Waals surface area contributed by atoms with Crippen LogP contribution in [-0.2, 0) is 16.0 Å². The predicted octanol–water partition coefficient (Wildman–Crippen LogP) is 2.78. The van der Waals surface area contributed by atoms with E-state index in [1.807, 2.05) is 16.9 Å². The lowest BCUT2D eigenvalue weighted by atomic mass is 10.2. The van der Waals surface area contributed by atoms with Gasteiger partial charge in [0.05, 0.1) is 18.7 Å². The van der Waals surface area contributed by atoms with Gasteiger partial charge in [-0.15, -0.1) is 0 Å². The molecule has 0 saturated heterocycles. The number of carbonyl (C=O) groups excluding carboxylic acids is 1. The molecule has 0 aliphatic carbocycles. The number of ketones is 1. The summed E-state index contributed by atoms with van der Waals surface area (Å²) in [4.78, 5) is 11.7. The first-order valence-corrected chi connectivity index (χ1v) is 6.80. The van der Waals surface area contributed by atoms with Crippen LogP contribution in [0.3, 0.4) is 0 Å². The first kappa shape index (κ1) is 14.9. The summed E-state index contributed by atoms with van der Waals surface area (Å²) in [5.74, 6) is 0.195. The third-order valence-electron chi connectivity index (χ3n) is 2.96. The van der Waals surface area contributed by atoms with Crippen LogP contribution < -0.4 is 0 Å². The highest BCUT2D eigenvalue weighted by Crippen LogP contribution is 2.09. The average Bonchev–Trinajstić information content (AvgIpc) is 2.82. The molecule has 1 aromatic heterocycles. The smallest absolute Gasteiger partial charge is 0.141 e. The Kier molecular flexibility index (Phi) is 6.65. The molecule has 0 aromatic carbocycles. The quantitative estimate of drug-likeness (QED) is 0.635. The molecule has 18 heavy (non-hydrogen) atoms. The Balaban J connectivity index is 2.33. The van der Waals surface area contributed by atoms with Gasteiger partial charge in [0.25, 0.3) is 0 Å². The Labute approximate surface area is 109 Å². The van der Waals surface area contributed by atoms with Crippen molar-refractivity contribution in [3.8, 4) is 0 Å². The first-order valence-electron chi connectivity index (χ1n) is 6.80. The highest BCUT2D eigenvalue weighted by molar-refractivity contribution is 5.80. The normalized spacial score (nSPS) is 12.6. The number of Topliss-reactive ketones (excluding diaryl/α,β-unsaturated/α-hetero) is 1. The van der Waals surface area contributed by atoms with Gasteiger partial charge in [0.1, 0.15) is 5.78 Å². The van der Waals surface area contributed by atoms with Crippen molar-refractivity contribution in [2.45, 2.75) is 52.5 Å². The summed E-state index contributed by atoms with van der Waals surface area (Å²) >= 11 is 0. The van der Waals surface area contributed by atoms with Crippen LogP contribution in [0.4, 0.5) is 0 Å². The van der Waals surface area contributed by atoms with Gasteiger partial charge in [-0.1, -0.05) is 13.8 Å². The van der Waals surface area contributed by atoms with Crippen molar-refractivity contribution in [3.05, 3.63) is 18.0 Å². The first-order chi connectivity index (χ1) is 8.67. The molecule has 1 rings (SSSR count). The number of rotatable bonds is 9. The van der Waals surface area contributed by atoms with Crippen molar-refractivity contribution >= 4 is 5.78 Å². The van der Waals surface area contributed by atoms with Crippen LogP contribution in [0, 0.1) is 0 Å². The topological polar surface area (TPSA) is 44.1 Å². The molecule has 1 atom stereocenters. The van der Waals surface area contributed by atoms with Crippen molar-refractivity contribution in [2.75, 3.05) is 13.2 Å². The second-order valence-corrected chi connectivity index (χ2v) is 4.62. The minimum absolute atomic E-state index is 0.195. The molecule has 1 aromatic rings. The minimum Gasteiger partial charge on any atom is -0.381 e. The maximum Gasteiger partial charge on any atom is 0.141 e. The molecule has 102 valence electrons. The fourth-order valence-corrected chi connectivity index (χ4v) is 1.63. The van der Waals surface area contributed by atoms with E-state index in [-0.39, 0.29) is 5.78 Å². The molecule has 0 fully saturated rings. The molecule has 0 radical (unpaired) electrons. The van der Waals surface area contributed by atoms with Gasteiger partial charge < -0.3 is 4.74 Å². The number of ether oxygens (including phenoxy) is 1. The Morgan fingerprint density at radius 2 is 2.22 bits per heavy atom. The molecule has 1 unspecified atom stereocenters. The van der Waals surface area contributed by atoms with E-state index in [4.69, 9.17) is 4.74 Å². The molecule has 0 spiro atoms. The summed E-state index contributed by atoms with van der Waals surface area (Å²) in [5, 5.41) is 4.42. The molecule has 0 aliphatic rings. The van der Waals surface area contributed by atoms with E-state index in [9.17, 15) is 4.79 Å². The van der Waals surface area contributed by atoms with E-state index in [1.54, 1.807) is 0 Å². The van der Waals surface area contributed by atoms with Crippen LogP contribution in [0.25, 0.3) is 0 Å². The molecule has 0 N–H and O–H groups in total. The molecule has 0 bridgehead atoms. The lowest BCUT2D eigenvalue weighted by Crippen LogP contribution is -2.09. The van der Waals surface area contributed by atoms with E-state index in [0.29, 0.717) is 25.5 Å². The second kappa shape index (κ2) is 8.03. The monoisotopic (exact) mass is 252 g/mol. The fraction of sp³-hybridized carbons (Fsp3) is 0.714. The van der Waals surface area contributed by atoms with Crippen molar-refractivity contribution < 1.29 is 9.53 Å². The second-order valence-electron chi connectivity index (χ2n) is 4.62. The highest BCUT2D eigenvalue weighted by Gasteiger charge is 2.08. The van der Waals surface area contributed by atoms with Crippen molar-refractivity contribution in [2.24, 2.45) is 0 Å². The van der Waals surface area contributed by atoms with Gasteiger partial charge >= 0.3 is 0 Å². The van der Waals surface area contributed by atoms with Crippen molar-refractivity contribution in [3.63, 3.8) is 0 Å². The Morgan fingerprint density at radius 3 is 2.89 bits per heavy atom. The number of hydrogen-bond donors (Lipinski definition) is 0. The number of nitrogens with zero attached hydrogens (tertiary/aromatic N) is 2. The van der Waals surface area contributed by atoms with E-state index in [1.165, 1.54) is 0 Å². The van der Waals surface area contributed by atoms with Crippen LogP contribution >= 0.6 is 0 Å².